The van der Waals surface area contributed by atoms with Crippen molar-refractivity contribution in [2.75, 3.05) is 13.1 Å². The Labute approximate surface area is 118 Å². The molecule has 0 saturated carbocycles. The van der Waals surface area contributed by atoms with Crippen LogP contribution in [-0.4, -0.2) is 22.6 Å². The third-order valence-electron chi connectivity index (χ3n) is 4.19. The molecule has 0 bridgehead atoms. The van der Waals surface area contributed by atoms with Crippen LogP contribution in [0.4, 0.5) is 0 Å². The summed E-state index contributed by atoms with van der Waals surface area (Å²) in [7, 11) is 2.09. The highest BCUT2D eigenvalue weighted by molar-refractivity contribution is 5.81. The van der Waals surface area contributed by atoms with Crippen molar-refractivity contribution in [2.45, 2.75) is 5.92 Å². The molecule has 3 heteroatoms. The highest BCUT2D eigenvalue weighted by atomic mass is 15.1. The quantitative estimate of drug-likeness (QED) is 0.770. The average Bonchev–Trinajstić information content (AvgIpc) is 2.75. The number of aromatic nitrogens is 2. The van der Waals surface area contributed by atoms with Crippen LogP contribution >= 0.6 is 0 Å². The van der Waals surface area contributed by atoms with Crippen LogP contribution in [0.15, 0.2) is 48.5 Å². The number of imidazole rings is 1. The first-order valence-electron chi connectivity index (χ1n) is 7.05. The zero-order chi connectivity index (χ0) is 13.5. The van der Waals surface area contributed by atoms with E-state index >= 15 is 0 Å². The summed E-state index contributed by atoms with van der Waals surface area (Å²) in [5.41, 5.74) is 4.85. The summed E-state index contributed by atoms with van der Waals surface area (Å²) in [6.07, 6.45) is 0. The number of rotatable bonds is 2. The largest absolute Gasteiger partial charge is 0.327 e. The Bertz CT molecular complexity index is 755. The van der Waals surface area contributed by atoms with E-state index in [4.69, 9.17) is 4.98 Å². The van der Waals surface area contributed by atoms with Gasteiger partial charge in [-0.15, -0.1) is 0 Å². The van der Waals surface area contributed by atoms with E-state index in [1.807, 2.05) is 6.07 Å². The molecule has 0 atom stereocenters. The van der Waals surface area contributed by atoms with Crippen LogP contribution in [0.2, 0.25) is 0 Å². The molecule has 1 N–H and O–H groups in total. The summed E-state index contributed by atoms with van der Waals surface area (Å²) in [6.45, 7) is 2.17. The number of hydrogen-bond acceptors (Lipinski definition) is 2. The van der Waals surface area contributed by atoms with E-state index in [-0.39, 0.29) is 0 Å². The monoisotopic (exact) mass is 263 g/mol. The zero-order valence-corrected chi connectivity index (χ0v) is 11.5. The van der Waals surface area contributed by atoms with Crippen LogP contribution in [0, 0.1) is 0 Å². The van der Waals surface area contributed by atoms with Crippen LogP contribution in [-0.2, 0) is 7.05 Å². The molecule has 1 saturated heterocycles. The molecule has 0 unspecified atom stereocenters. The van der Waals surface area contributed by atoms with Crippen LogP contribution in [0.1, 0.15) is 11.5 Å². The van der Waals surface area contributed by atoms with E-state index in [1.54, 1.807) is 0 Å². The highest BCUT2D eigenvalue weighted by Crippen LogP contribution is 2.27. The maximum absolute atomic E-state index is 4.83. The Morgan fingerprint density at radius 1 is 1.10 bits per heavy atom. The SMILES string of the molecule is Cn1c(-c2ccccc2)nc2cc(C3CNC3)ccc21. The normalized spacial score (nSPS) is 15.4. The van der Waals surface area contributed by atoms with E-state index in [0.29, 0.717) is 5.92 Å². The first kappa shape index (κ1) is 11.7. The van der Waals surface area contributed by atoms with Gasteiger partial charge in [0.2, 0.25) is 0 Å². The standard InChI is InChI=1S/C17H17N3/c1-20-16-8-7-13(14-10-18-11-14)9-15(16)19-17(20)12-5-3-2-4-6-12/h2-9,14,18H,10-11H2,1H3. The number of hydrogen-bond donors (Lipinski definition) is 1. The van der Waals surface area contributed by atoms with E-state index < -0.39 is 0 Å². The summed E-state index contributed by atoms with van der Waals surface area (Å²) in [5.74, 6) is 1.69. The van der Waals surface area contributed by atoms with Gasteiger partial charge < -0.3 is 9.88 Å². The molecule has 1 fully saturated rings. The molecule has 100 valence electrons. The Kier molecular flexibility index (Phi) is 2.60. The summed E-state index contributed by atoms with van der Waals surface area (Å²) in [4.78, 5) is 4.83. The van der Waals surface area contributed by atoms with Gasteiger partial charge in [-0.2, -0.15) is 0 Å². The molecule has 1 aliphatic rings. The molecule has 4 rings (SSSR count). The van der Waals surface area contributed by atoms with Crippen molar-refractivity contribution in [1.29, 1.82) is 0 Å². The second kappa shape index (κ2) is 4.46. The second-order valence-electron chi connectivity index (χ2n) is 5.46. The molecule has 0 aliphatic carbocycles. The lowest BCUT2D eigenvalue weighted by molar-refractivity contribution is 0.448. The third-order valence-corrected chi connectivity index (χ3v) is 4.19. The third kappa shape index (κ3) is 1.74. The maximum atomic E-state index is 4.83. The van der Waals surface area contributed by atoms with E-state index in [9.17, 15) is 0 Å². The number of fused-ring (bicyclic) bond motifs is 1. The fourth-order valence-corrected chi connectivity index (χ4v) is 2.84. The topological polar surface area (TPSA) is 29.9 Å². The van der Waals surface area contributed by atoms with Gasteiger partial charge in [0, 0.05) is 31.6 Å². The first-order valence-corrected chi connectivity index (χ1v) is 7.05. The fraction of sp³-hybridized carbons (Fsp3) is 0.235. The van der Waals surface area contributed by atoms with Crippen LogP contribution < -0.4 is 5.32 Å². The number of aryl methyl sites for hydroxylation is 1. The van der Waals surface area contributed by atoms with Crippen molar-refractivity contribution in [2.24, 2.45) is 7.05 Å². The lowest BCUT2D eigenvalue weighted by atomic mass is 9.93. The molecule has 3 aromatic rings. The summed E-state index contributed by atoms with van der Waals surface area (Å²) >= 11 is 0. The number of benzene rings is 2. The number of nitrogens with zero attached hydrogens (tertiary/aromatic N) is 2. The van der Waals surface area contributed by atoms with Crippen molar-refractivity contribution < 1.29 is 0 Å². The van der Waals surface area contributed by atoms with E-state index in [1.165, 1.54) is 11.1 Å². The molecule has 0 spiro atoms. The maximum Gasteiger partial charge on any atom is 0.140 e. The molecular formula is C17H17N3. The van der Waals surface area contributed by atoms with Crippen molar-refractivity contribution in [3.05, 3.63) is 54.1 Å². The molecule has 20 heavy (non-hydrogen) atoms. The van der Waals surface area contributed by atoms with Gasteiger partial charge in [-0.05, 0) is 17.7 Å². The minimum Gasteiger partial charge on any atom is -0.327 e. The molecule has 2 aromatic carbocycles. The Morgan fingerprint density at radius 3 is 2.60 bits per heavy atom. The average molecular weight is 263 g/mol. The summed E-state index contributed by atoms with van der Waals surface area (Å²) < 4.78 is 2.17. The van der Waals surface area contributed by atoms with Crippen molar-refractivity contribution in [3.63, 3.8) is 0 Å². The van der Waals surface area contributed by atoms with Crippen LogP contribution in [0.25, 0.3) is 22.4 Å². The highest BCUT2D eigenvalue weighted by Gasteiger charge is 2.20. The van der Waals surface area contributed by atoms with Crippen molar-refractivity contribution in [3.8, 4) is 11.4 Å². The van der Waals surface area contributed by atoms with E-state index in [2.05, 4.69) is 59.4 Å². The molecule has 1 aromatic heterocycles. The Morgan fingerprint density at radius 2 is 1.90 bits per heavy atom. The fourth-order valence-electron chi connectivity index (χ4n) is 2.84. The molecule has 0 radical (unpaired) electrons. The second-order valence-corrected chi connectivity index (χ2v) is 5.46. The van der Waals surface area contributed by atoms with Crippen molar-refractivity contribution in [1.82, 2.24) is 14.9 Å². The summed E-state index contributed by atoms with van der Waals surface area (Å²) in [6, 6.07) is 17.0. The predicted octanol–water partition coefficient (Wildman–Crippen LogP) is 2.93. The van der Waals surface area contributed by atoms with Gasteiger partial charge in [0.05, 0.1) is 11.0 Å². The molecule has 0 amide bonds. The number of nitrogens with one attached hydrogen (secondary N) is 1. The van der Waals surface area contributed by atoms with Gasteiger partial charge in [-0.1, -0.05) is 36.4 Å². The summed E-state index contributed by atoms with van der Waals surface area (Å²) in [5, 5.41) is 3.32. The van der Waals surface area contributed by atoms with E-state index in [0.717, 1.165) is 30.0 Å². The van der Waals surface area contributed by atoms with Crippen LogP contribution in [0.3, 0.4) is 0 Å². The minimum atomic E-state index is 0.654. The Balaban J connectivity index is 1.85. The first-order chi connectivity index (χ1) is 9.83. The van der Waals surface area contributed by atoms with Gasteiger partial charge >= 0.3 is 0 Å². The zero-order valence-electron chi connectivity index (χ0n) is 11.5. The van der Waals surface area contributed by atoms with Gasteiger partial charge in [-0.3, -0.25) is 0 Å². The lowest BCUT2D eigenvalue weighted by Gasteiger charge is -2.27. The molecular weight excluding hydrogens is 246 g/mol. The van der Waals surface area contributed by atoms with Gasteiger partial charge in [0.25, 0.3) is 0 Å². The van der Waals surface area contributed by atoms with Crippen molar-refractivity contribution >= 4 is 11.0 Å². The Hall–Kier alpha value is -2.13. The van der Waals surface area contributed by atoms with Gasteiger partial charge in [0.1, 0.15) is 5.82 Å². The lowest BCUT2D eigenvalue weighted by Crippen LogP contribution is -2.39. The molecule has 3 nitrogen and oxygen atoms in total. The smallest absolute Gasteiger partial charge is 0.140 e. The van der Waals surface area contributed by atoms with Gasteiger partial charge in [-0.25, -0.2) is 4.98 Å². The minimum absolute atomic E-state index is 0.654. The molecule has 2 heterocycles. The predicted molar refractivity (Wildman–Crippen MR) is 81.8 cm³/mol. The molecule has 1 aliphatic heterocycles. The van der Waals surface area contributed by atoms with Gasteiger partial charge in [0.15, 0.2) is 0 Å². The van der Waals surface area contributed by atoms with Crippen LogP contribution in [0.5, 0.6) is 0 Å².